The number of hydrogen-bond donors (Lipinski definition) is 1. The van der Waals surface area contributed by atoms with Crippen molar-refractivity contribution in [3.63, 3.8) is 0 Å². The average Bonchev–Trinajstić information content (AvgIpc) is 2.77. The second-order valence-corrected chi connectivity index (χ2v) is 8.01. The number of aryl methyl sites for hydroxylation is 2. The molecule has 2 fully saturated rings. The lowest BCUT2D eigenvalue weighted by Gasteiger charge is -2.31. The van der Waals surface area contributed by atoms with E-state index in [1.54, 1.807) is 14.1 Å². The Hall–Kier alpha value is -2.61. The van der Waals surface area contributed by atoms with Gasteiger partial charge in [-0.1, -0.05) is 19.3 Å². The van der Waals surface area contributed by atoms with Crippen LogP contribution in [0.2, 0.25) is 0 Å². The van der Waals surface area contributed by atoms with Gasteiger partial charge in [-0.05, 0) is 25.0 Å². The summed E-state index contributed by atoms with van der Waals surface area (Å²) in [6.07, 6.45) is 5.19. The monoisotopic (exact) mass is 400 g/mol. The molecule has 0 unspecified atom stereocenters. The molecule has 1 saturated heterocycles. The molecule has 1 aliphatic carbocycles. The minimum absolute atomic E-state index is 0.0286. The number of amides is 1. The van der Waals surface area contributed by atoms with E-state index >= 15 is 0 Å². The van der Waals surface area contributed by atoms with E-state index in [0.29, 0.717) is 43.0 Å². The van der Waals surface area contributed by atoms with Crippen LogP contribution < -0.4 is 21.3 Å². The van der Waals surface area contributed by atoms with E-state index in [1.807, 2.05) is 12.1 Å². The van der Waals surface area contributed by atoms with Gasteiger partial charge in [0, 0.05) is 33.1 Å². The summed E-state index contributed by atoms with van der Waals surface area (Å²) in [5.41, 5.74) is 1.68. The summed E-state index contributed by atoms with van der Waals surface area (Å²) < 4.78 is 8.21. The fourth-order valence-electron chi connectivity index (χ4n) is 4.37. The number of hydrogen-bond acceptors (Lipinski definition) is 5. The summed E-state index contributed by atoms with van der Waals surface area (Å²) in [5.74, 6) is 0.0642. The summed E-state index contributed by atoms with van der Waals surface area (Å²) in [6.45, 7) is 2.63. The molecular weight excluding hydrogens is 372 g/mol. The minimum atomic E-state index is -0.580. The van der Waals surface area contributed by atoms with Crippen molar-refractivity contribution in [3.8, 4) is 0 Å². The Balaban J connectivity index is 1.82. The molecule has 0 spiro atoms. The second kappa shape index (κ2) is 8.02. The van der Waals surface area contributed by atoms with Crippen molar-refractivity contribution in [1.82, 2.24) is 9.13 Å². The molecule has 1 aromatic heterocycles. The topological polar surface area (TPSA) is 85.6 Å². The van der Waals surface area contributed by atoms with Gasteiger partial charge in [-0.2, -0.15) is 0 Å². The number of carbonyl (C=O) groups is 1. The van der Waals surface area contributed by atoms with Gasteiger partial charge in [0.1, 0.15) is 0 Å². The summed E-state index contributed by atoms with van der Waals surface area (Å²) in [7, 11) is 3.20. The van der Waals surface area contributed by atoms with Crippen LogP contribution in [0.4, 0.5) is 11.4 Å². The Morgan fingerprint density at radius 3 is 2.17 bits per heavy atom. The van der Waals surface area contributed by atoms with Crippen LogP contribution in [-0.4, -0.2) is 41.3 Å². The average molecular weight is 400 g/mol. The molecule has 2 heterocycles. The second-order valence-electron chi connectivity index (χ2n) is 8.01. The molecule has 1 aliphatic heterocycles. The Bertz CT molecular complexity index is 1040. The first-order valence-corrected chi connectivity index (χ1v) is 10.3. The van der Waals surface area contributed by atoms with Crippen molar-refractivity contribution >= 4 is 28.3 Å². The zero-order valence-electron chi connectivity index (χ0n) is 17.1. The van der Waals surface area contributed by atoms with Gasteiger partial charge >= 0.3 is 11.1 Å². The lowest BCUT2D eigenvalue weighted by atomic mass is 9.88. The number of fused-ring (bicyclic) bond motifs is 1. The van der Waals surface area contributed by atoms with Gasteiger partial charge in [0.15, 0.2) is 0 Å². The number of benzene rings is 1. The van der Waals surface area contributed by atoms with Crippen LogP contribution in [0.25, 0.3) is 11.0 Å². The van der Waals surface area contributed by atoms with Gasteiger partial charge in [-0.25, -0.2) is 0 Å². The lowest BCUT2D eigenvalue weighted by Crippen LogP contribution is -2.40. The van der Waals surface area contributed by atoms with Crippen LogP contribution in [0.1, 0.15) is 32.1 Å². The quantitative estimate of drug-likeness (QED) is 0.791. The highest BCUT2D eigenvalue weighted by atomic mass is 16.5. The van der Waals surface area contributed by atoms with E-state index in [-0.39, 0.29) is 11.8 Å². The highest BCUT2D eigenvalue weighted by Gasteiger charge is 2.24. The summed E-state index contributed by atoms with van der Waals surface area (Å²) >= 11 is 0. The Morgan fingerprint density at radius 1 is 0.966 bits per heavy atom. The maximum atomic E-state index is 12.9. The van der Waals surface area contributed by atoms with Gasteiger partial charge in [0.25, 0.3) is 0 Å². The Labute approximate surface area is 169 Å². The molecule has 2 aromatic rings. The fourth-order valence-corrected chi connectivity index (χ4v) is 4.37. The molecule has 0 bridgehead atoms. The first kappa shape index (κ1) is 19.7. The van der Waals surface area contributed by atoms with Gasteiger partial charge in [0.05, 0.1) is 35.6 Å². The molecular formula is C21H28N4O4. The predicted octanol–water partition coefficient (Wildman–Crippen LogP) is 1.59. The van der Waals surface area contributed by atoms with Crippen molar-refractivity contribution in [2.24, 2.45) is 20.0 Å². The Morgan fingerprint density at radius 2 is 1.55 bits per heavy atom. The maximum Gasteiger partial charge on any atom is 0.316 e. The molecule has 0 radical (unpaired) electrons. The Kier molecular flexibility index (Phi) is 5.45. The number of carbonyl (C=O) groups excluding carboxylic acids is 1. The minimum Gasteiger partial charge on any atom is -0.378 e. The maximum absolute atomic E-state index is 12.9. The molecule has 2 aliphatic rings. The van der Waals surface area contributed by atoms with E-state index in [2.05, 4.69) is 10.2 Å². The molecule has 0 atom stereocenters. The normalized spacial score (nSPS) is 18.2. The van der Waals surface area contributed by atoms with Gasteiger partial charge in [-0.3, -0.25) is 14.4 Å². The largest absolute Gasteiger partial charge is 0.378 e. The predicted molar refractivity (Wildman–Crippen MR) is 113 cm³/mol. The van der Waals surface area contributed by atoms with E-state index in [0.717, 1.165) is 31.4 Å². The smallest absolute Gasteiger partial charge is 0.316 e. The third-order valence-corrected chi connectivity index (χ3v) is 6.19. The third-order valence-electron chi connectivity index (χ3n) is 6.19. The van der Waals surface area contributed by atoms with E-state index in [4.69, 9.17) is 4.74 Å². The van der Waals surface area contributed by atoms with Crippen LogP contribution in [0, 0.1) is 5.92 Å². The fraction of sp³-hybridized carbons (Fsp3) is 0.571. The first-order chi connectivity index (χ1) is 14.0. The molecule has 1 amide bonds. The highest BCUT2D eigenvalue weighted by molar-refractivity contribution is 5.99. The van der Waals surface area contributed by atoms with Crippen LogP contribution >= 0.6 is 0 Å². The molecule has 1 saturated carbocycles. The van der Waals surface area contributed by atoms with Crippen LogP contribution in [0.5, 0.6) is 0 Å². The zero-order valence-corrected chi connectivity index (χ0v) is 17.1. The molecule has 4 rings (SSSR count). The van der Waals surface area contributed by atoms with Crippen LogP contribution in [0.15, 0.2) is 21.7 Å². The van der Waals surface area contributed by atoms with Crippen molar-refractivity contribution in [2.75, 3.05) is 36.5 Å². The SMILES string of the molecule is Cn1c(=O)c(=O)n(C)c2cc(N3CCOCC3)c(NC(=O)C3CCCCC3)cc21. The number of aromatic nitrogens is 2. The van der Waals surface area contributed by atoms with Gasteiger partial charge in [-0.15, -0.1) is 0 Å². The highest BCUT2D eigenvalue weighted by Crippen LogP contribution is 2.33. The summed E-state index contributed by atoms with van der Waals surface area (Å²) in [6, 6.07) is 3.72. The number of rotatable bonds is 3. The van der Waals surface area contributed by atoms with Crippen molar-refractivity contribution < 1.29 is 9.53 Å². The third kappa shape index (κ3) is 3.69. The van der Waals surface area contributed by atoms with E-state index in [9.17, 15) is 14.4 Å². The molecule has 1 aromatic carbocycles. The number of anilines is 2. The van der Waals surface area contributed by atoms with Crippen molar-refractivity contribution in [2.45, 2.75) is 32.1 Å². The van der Waals surface area contributed by atoms with Gasteiger partial charge in [0.2, 0.25) is 5.91 Å². The van der Waals surface area contributed by atoms with E-state index in [1.165, 1.54) is 15.6 Å². The number of ether oxygens (including phenoxy) is 1. The van der Waals surface area contributed by atoms with Crippen molar-refractivity contribution in [1.29, 1.82) is 0 Å². The number of nitrogens with one attached hydrogen (secondary N) is 1. The summed E-state index contributed by atoms with van der Waals surface area (Å²) in [5, 5.41) is 3.13. The number of morpholine rings is 1. The molecule has 1 N–H and O–H groups in total. The zero-order chi connectivity index (χ0) is 20.5. The van der Waals surface area contributed by atoms with Gasteiger partial charge < -0.3 is 24.1 Å². The number of nitrogens with zero attached hydrogens (tertiary/aromatic N) is 3. The van der Waals surface area contributed by atoms with E-state index < -0.39 is 11.1 Å². The molecule has 8 heteroatoms. The lowest BCUT2D eigenvalue weighted by molar-refractivity contribution is -0.120. The molecule has 156 valence electrons. The summed E-state index contributed by atoms with van der Waals surface area (Å²) in [4.78, 5) is 39.7. The van der Waals surface area contributed by atoms with Crippen LogP contribution in [-0.2, 0) is 23.6 Å². The van der Waals surface area contributed by atoms with Crippen LogP contribution in [0.3, 0.4) is 0 Å². The van der Waals surface area contributed by atoms with Crippen molar-refractivity contribution in [3.05, 3.63) is 32.8 Å². The molecule has 8 nitrogen and oxygen atoms in total. The standard InChI is InChI=1S/C21H28N4O4/c1-23-17-12-15(22-19(26)14-6-4-3-5-7-14)16(25-8-10-29-11-9-25)13-18(17)24(2)21(28)20(23)27/h12-14H,3-11H2,1-2H3,(H,22,26). The molecule has 29 heavy (non-hydrogen) atoms. The first-order valence-electron chi connectivity index (χ1n) is 10.3.